The number of rotatable bonds is 0. The first-order chi connectivity index (χ1) is 36.1. The molecule has 15 rings (SSSR count). The summed E-state index contributed by atoms with van der Waals surface area (Å²) in [6.45, 7) is 0. The van der Waals surface area contributed by atoms with Crippen molar-refractivity contribution in [3.63, 3.8) is 0 Å². The van der Waals surface area contributed by atoms with Gasteiger partial charge in [0.2, 0.25) is 0 Å². The van der Waals surface area contributed by atoms with Crippen LogP contribution in [0.3, 0.4) is 0 Å². The fourth-order valence-corrected chi connectivity index (χ4v) is 32.1. The summed E-state index contributed by atoms with van der Waals surface area (Å²) >= 11 is 0. The molecule has 448 valence electrons. The number of hydrogen-bond acceptors (Lipinski definition) is 14. The van der Waals surface area contributed by atoms with Gasteiger partial charge in [0.1, 0.15) is 0 Å². The van der Waals surface area contributed by atoms with Crippen LogP contribution in [0.25, 0.3) is 0 Å². The molecule has 15 aliphatic rings. The highest BCUT2D eigenvalue weighted by Gasteiger charge is 2.38. The standard InChI is InChI=1S/C56H98O14S7/c57-71(58)29-43-1-2-44(4-3-43)30-72(59,60)32-46-9-11-48(12-10-46)34-74(63,64)36-50-17-19-52(20-18-50)38-76(67,68)40-54-25-27-56(28-26-54)42-77(69,70)41-55-23-21-53(22-24-55)39-75(65,66)37-51-15-13-49(14-16-51)35-73(61,62)33-47-7-5-45(31-71)6-8-47/h43-56H,1-42H2. The largest absolute Gasteiger partial charge is 0.229 e. The summed E-state index contributed by atoms with van der Waals surface area (Å²) in [5, 5.41) is 0. The van der Waals surface area contributed by atoms with Crippen LogP contribution < -0.4 is 0 Å². The molecule has 7 aliphatic carbocycles. The summed E-state index contributed by atoms with van der Waals surface area (Å²) in [6.07, 6.45) is 19.3. The Bertz CT molecular complexity index is 2030. The maximum Gasteiger partial charge on any atom is 0.150 e. The van der Waals surface area contributed by atoms with Gasteiger partial charge in [-0.1, -0.05) is 0 Å². The molecule has 8 heterocycles. The molecule has 7 saturated carbocycles. The Morgan fingerprint density at radius 1 is 0.117 bits per heavy atom. The summed E-state index contributed by atoms with van der Waals surface area (Å²) in [5.74, 6) is 1.65. The fraction of sp³-hybridized carbons (Fsp3) is 1.00. The van der Waals surface area contributed by atoms with Gasteiger partial charge >= 0.3 is 0 Å². The van der Waals surface area contributed by atoms with E-state index in [1.807, 2.05) is 0 Å². The van der Waals surface area contributed by atoms with E-state index in [4.69, 9.17) is 0 Å². The molecule has 8 aliphatic heterocycles. The van der Waals surface area contributed by atoms with Crippen molar-refractivity contribution in [3.8, 4) is 0 Å². The van der Waals surface area contributed by atoms with Gasteiger partial charge in [-0.05, 0) is 263 Å². The van der Waals surface area contributed by atoms with Gasteiger partial charge in [-0.3, -0.25) is 0 Å². The lowest BCUT2D eigenvalue weighted by molar-refractivity contribution is 0.296. The molecule has 0 spiro atoms. The van der Waals surface area contributed by atoms with Gasteiger partial charge in [-0.2, -0.15) is 0 Å². The van der Waals surface area contributed by atoms with Crippen LogP contribution in [0.15, 0.2) is 0 Å². The van der Waals surface area contributed by atoms with E-state index < -0.39 is 68.9 Å². The normalized spacial score (nSPS) is 41.8. The zero-order valence-corrected chi connectivity index (χ0v) is 52.1. The minimum absolute atomic E-state index is 0.00813. The molecule has 0 radical (unpaired) electrons. The van der Waals surface area contributed by atoms with Crippen molar-refractivity contribution in [3.05, 3.63) is 0 Å². The van der Waals surface area contributed by atoms with Crippen molar-refractivity contribution in [2.75, 3.05) is 80.5 Å². The number of fused-ring (bicyclic) bond motifs is 7. The van der Waals surface area contributed by atoms with E-state index in [-0.39, 0.29) is 163 Å². The molecular weight excluding hydrogens is 1120 g/mol. The maximum absolute atomic E-state index is 13.5. The predicted octanol–water partition coefficient (Wildman–Crippen LogP) is 8.55. The first-order valence-electron chi connectivity index (χ1n) is 30.5. The molecule has 21 heteroatoms. The highest BCUT2D eigenvalue weighted by Crippen LogP contribution is 2.40. The van der Waals surface area contributed by atoms with Gasteiger partial charge in [0.05, 0.1) is 80.5 Å². The lowest BCUT2D eigenvalue weighted by Crippen LogP contribution is -2.32. The van der Waals surface area contributed by atoms with Crippen molar-refractivity contribution >= 4 is 68.9 Å². The predicted molar refractivity (Wildman–Crippen MR) is 309 cm³/mol. The van der Waals surface area contributed by atoms with Crippen LogP contribution in [0, 0.1) is 82.9 Å². The van der Waals surface area contributed by atoms with E-state index >= 15 is 0 Å². The minimum Gasteiger partial charge on any atom is -0.229 e. The van der Waals surface area contributed by atoms with Crippen LogP contribution in [-0.4, -0.2) is 139 Å². The van der Waals surface area contributed by atoms with E-state index in [0.29, 0.717) is 180 Å². The smallest absolute Gasteiger partial charge is 0.150 e. The van der Waals surface area contributed by atoms with Crippen LogP contribution in [0.4, 0.5) is 0 Å². The van der Waals surface area contributed by atoms with Gasteiger partial charge in [0, 0.05) is 0 Å². The second kappa shape index (κ2) is 26.7. The Morgan fingerprint density at radius 2 is 0.169 bits per heavy atom. The van der Waals surface area contributed by atoms with Crippen LogP contribution in [-0.2, 0) is 68.9 Å². The molecule has 77 heavy (non-hydrogen) atoms. The van der Waals surface area contributed by atoms with Crippen molar-refractivity contribution in [2.45, 2.75) is 180 Å². The Labute approximate surface area is 467 Å². The lowest BCUT2D eigenvalue weighted by Gasteiger charge is -2.32. The Morgan fingerprint density at radius 3 is 0.221 bits per heavy atom. The molecule has 0 aromatic carbocycles. The summed E-state index contributed by atoms with van der Waals surface area (Å²) < 4.78 is 189. The zero-order chi connectivity index (χ0) is 55.3. The third-order valence-electron chi connectivity index (χ3n) is 20.6. The highest BCUT2D eigenvalue weighted by molar-refractivity contribution is 7.93. The first kappa shape index (κ1) is 62.7. The fourth-order valence-electron chi connectivity index (χ4n) is 16.5. The monoisotopic (exact) mass is 1220 g/mol. The summed E-state index contributed by atoms with van der Waals surface area (Å²) in [4.78, 5) is 0. The van der Waals surface area contributed by atoms with Crippen LogP contribution in [0.1, 0.15) is 180 Å². The molecular formula is C56H98O14S7. The zero-order valence-electron chi connectivity index (χ0n) is 46.4. The molecule has 0 atom stereocenters. The van der Waals surface area contributed by atoms with Crippen LogP contribution in [0.2, 0.25) is 0 Å². The maximum atomic E-state index is 13.5. The van der Waals surface area contributed by atoms with Crippen LogP contribution >= 0.6 is 0 Å². The van der Waals surface area contributed by atoms with E-state index in [1.165, 1.54) is 0 Å². The summed E-state index contributed by atoms with van der Waals surface area (Å²) in [6, 6.07) is 0. The molecule has 0 amide bonds. The van der Waals surface area contributed by atoms with Crippen LogP contribution in [0.5, 0.6) is 0 Å². The Balaban J connectivity index is 0.822. The summed E-state index contributed by atoms with van der Waals surface area (Å²) in [7, 11) is -23.4. The topological polar surface area (TPSA) is 239 Å². The van der Waals surface area contributed by atoms with Gasteiger partial charge in [-0.15, -0.1) is 0 Å². The van der Waals surface area contributed by atoms with Crippen molar-refractivity contribution < 1.29 is 58.9 Å². The van der Waals surface area contributed by atoms with Gasteiger partial charge in [0.25, 0.3) is 0 Å². The van der Waals surface area contributed by atoms with Crippen molar-refractivity contribution in [1.29, 1.82) is 0 Å². The third-order valence-corrected chi connectivity index (χ3v) is 34.3. The van der Waals surface area contributed by atoms with Gasteiger partial charge in [0.15, 0.2) is 68.9 Å². The molecule has 14 bridgehead atoms. The molecule has 0 unspecified atom stereocenters. The third kappa shape index (κ3) is 21.0. The highest BCUT2D eigenvalue weighted by atomic mass is 32.2. The molecule has 8 saturated heterocycles. The Hall–Kier alpha value is -0.350. The van der Waals surface area contributed by atoms with E-state index in [9.17, 15) is 58.9 Å². The SMILES string of the molecule is O=S1(=O)CC2CCC(CC2)CS(=O)(=O)CC2CCC(CC2)CS(=O)(=O)CC2CCC(CC2)CS(=O)(=O)CC2CCC(CC2)CS(=O)(=O)CC2CCC(CC2)CS(=O)(=O)CC2CCC(CC2)CS(=O)(=O)CC2CCC(CC2)C1. The Kier molecular flexibility index (Phi) is 21.7. The first-order valence-corrected chi connectivity index (χ1v) is 43.3. The molecule has 0 aromatic heterocycles. The van der Waals surface area contributed by atoms with E-state index in [1.54, 1.807) is 0 Å². The van der Waals surface area contributed by atoms with Gasteiger partial charge < -0.3 is 0 Å². The molecule has 0 aromatic rings. The molecule has 0 N–H and O–H groups in total. The lowest BCUT2D eigenvalue weighted by atomic mass is 9.83. The quantitative estimate of drug-likeness (QED) is 0.221. The number of hydrogen-bond donors (Lipinski definition) is 0. The van der Waals surface area contributed by atoms with Crippen molar-refractivity contribution in [1.82, 2.24) is 0 Å². The van der Waals surface area contributed by atoms with E-state index in [0.717, 1.165) is 0 Å². The average Bonchev–Trinajstić information content (AvgIpc) is 3.32. The van der Waals surface area contributed by atoms with Crippen molar-refractivity contribution in [2.24, 2.45) is 82.9 Å². The van der Waals surface area contributed by atoms with Gasteiger partial charge in [-0.25, -0.2) is 58.9 Å². The molecule has 15 fully saturated rings. The molecule has 14 nitrogen and oxygen atoms in total. The number of sulfone groups is 7. The average molecular weight is 1220 g/mol. The van der Waals surface area contributed by atoms with E-state index in [2.05, 4.69) is 0 Å². The second-order valence-corrected chi connectivity index (χ2v) is 42.8. The second-order valence-electron chi connectivity index (χ2n) is 27.7. The summed E-state index contributed by atoms with van der Waals surface area (Å²) in [5.41, 5.74) is 0. The minimum atomic E-state index is -3.34.